The predicted octanol–water partition coefficient (Wildman–Crippen LogP) is 3.95. The number of morpholine rings is 1. The Hall–Kier alpha value is -2.44. The number of benzene rings is 2. The van der Waals surface area contributed by atoms with E-state index >= 15 is 0 Å². The van der Waals surface area contributed by atoms with E-state index in [4.69, 9.17) is 4.74 Å². The normalized spacial score (nSPS) is 18.9. The molecule has 1 N–H and O–H groups in total. The van der Waals surface area contributed by atoms with Gasteiger partial charge in [-0.1, -0.05) is 63.1 Å². The summed E-state index contributed by atoms with van der Waals surface area (Å²) in [6, 6.07) is 14.3. The molecule has 0 bridgehead atoms. The Morgan fingerprint density at radius 1 is 0.971 bits per heavy atom. The first-order valence-electron chi connectivity index (χ1n) is 13.0. The lowest BCUT2D eigenvalue weighted by molar-refractivity contribution is -0.126. The highest BCUT2D eigenvalue weighted by Crippen LogP contribution is 2.24. The van der Waals surface area contributed by atoms with Crippen molar-refractivity contribution in [2.45, 2.75) is 45.6 Å². The molecular formula is C28H39N3O3. The standard InChI is InChI=1S/C28H39N3O3/c1-3-21(4-2)26(30-16-18-34-19-17-30)20-29-27(32)23-12-14-31(15-13-23)28(33)25-11-7-9-22-8-5-6-10-24(22)25/h5-11,21,23,26H,3-4,12-20H2,1-2H3,(H,29,32). The first-order valence-corrected chi connectivity index (χ1v) is 13.0. The van der Waals surface area contributed by atoms with Crippen LogP contribution in [0.3, 0.4) is 0 Å². The van der Waals surface area contributed by atoms with E-state index < -0.39 is 0 Å². The third-order valence-electron chi connectivity index (χ3n) is 7.77. The van der Waals surface area contributed by atoms with E-state index in [0.29, 0.717) is 31.6 Å². The van der Waals surface area contributed by atoms with Crippen molar-refractivity contribution in [1.29, 1.82) is 0 Å². The van der Waals surface area contributed by atoms with Crippen molar-refractivity contribution in [2.24, 2.45) is 11.8 Å². The Morgan fingerprint density at radius 3 is 2.35 bits per heavy atom. The van der Waals surface area contributed by atoms with Crippen molar-refractivity contribution in [3.8, 4) is 0 Å². The van der Waals surface area contributed by atoms with E-state index in [1.807, 2.05) is 47.4 Å². The number of carbonyl (C=O) groups excluding carboxylic acids is 2. The number of nitrogens with one attached hydrogen (secondary N) is 1. The highest BCUT2D eigenvalue weighted by molar-refractivity contribution is 6.07. The zero-order valence-corrected chi connectivity index (χ0v) is 20.7. The summed E-state index contributed by atoms with van der Waals surface area (Å²) in [4.78, 5) is 30.7. The van der Waals surface area contributed by atoms with E-state index in [1.165, 1.54) is 0 Å². The zero-order valence-electron chi connectivity index (χ0n) is 20.7. The Bertz CT molecular complexity index is 955. The second kappa shape index (κ2) is 11.8. The van der Waals surface area contributed by atoms with Crippen molar-refractivity contribution in [3.63, 3.8) is 0 Å². The fraction of sp³-hybridized carbons (Fsp3) is 0.571. The lowest BCUT2D eigenvalue weighted by atomic mass is 9.91. The molecule has 2 amide bonds. The van der Waals surface area contributed by atoms with Crippen LogP contribution < -0.4 is 5.32 Å². The molecule has 2 saturated heterocycles. The van der Waals surface area contributed by atoms with Gasteiger partial charge in [-0.3, -0.25) is 14.5 Å². The van der Waals surface area contributed by atoms with Crippen molar-refractivity contribution < 1.29 is 14.3 Å². The molecule has 2 aromatic carbocycles. The third kappa shape index (κ3) is 5.61. The number of carbonyl (C=O) groups is 2. The molecule has 1 atom stereocenters. The van der Waals surface area contributed by atoms with Gasteiger partial charge in [-0.05, 0) is 35.6 Å². The minimum atomic E-state index is -0.0244. The molecule has 1 unspecified atom stereocenters. The second-order valence-corrected chi connectivity index (χ2v) is 9.63. The van der Waals surface area contributed by atoms with Gasteiger partial charge in [0.15, 0.2) is 0 Å². The molecular weight excluding hydrogens is 426 g/mol. The molecule has 2 heterocycles. The average molecular weight is 466 g/mol. The van der Waals surface area contributed by atoms with Crippen molar-refractivity contribution in [3.05, 3.63) is 48.0 Å². The van der Waals surface area contributed by atoms with Crippen molar-refractivity contribution in [2.75, 3.05) is 45.9 Å². The molecule has 6 nitrogen and oxygen atoms in total. The molecule has 0 saturated carbocycles. The second-order valence-electron chi connectivity index (χ2n) is 9.63. The van der Waals surface area contributed by atoms with Gasteiger partial charge < -0.3 is 15.0 Å². The van der Waals surface area contributed by atoms with Gasteiger partial charge in [0.25, 0.3) is 5.91 Å². The van der Waals surface area contributed by atoms with Gasteiger partial charge in [-0.15, -0.1) is 0 Å². The summed E-state index contributed by atoms with van der Waals surface area (Å²) < 4.78 is 5.54. The van der Waals surface area contributed by atoms with Gasteiger partial charge in [0.05, 0.1) is 13.2 Å². The number of rotatable bonds is 8. The summed E-state index contributed by atoms with van der Waals surface area (Å²) in [5.74, 6) is 0.750. The van der Waals surface area contributed by atoms with Crippen molar-refractivity contribution in [1.82, 2.24) is 15.1 Å². The molecule has 2 aromatic rings. The maximum Gasteiger partial charge on any atom is 0.254 e. The van der Waals surface area contributed by atoms with Crippen LogP contribution >= 0.6 is 0 Å². The first-order chi connectivity index (χ1) is 16.6. The van der Waals surface area contributed by atoms with Gasteiger partial charge in [0, 0.05) is 50.2 Å². The molecule has 4 rings (SSSR count). The van der Waals surface area contributed by atoms with Crippen LogP contribution in [0.2, 0.25) is 0 Å². The van der Waals surface area contributed by atoms with Crippen LogP contribution in [-0.4, -0.2) is 73.6 Å². The van der Waals surface area contributed by atoms with E-state index in [2.05, 4.69) is 24.1 Å². The van der Waals surface area contributed by atoms with Gasteiger partial charge in [-0.2, -0.15) is 0 Å². The molecule has 0 aliphatic carbocycles. The maximum atomic E-state index is 13.2. The van der Waals surface area contributed by atoms with Gasteiger partial charge in [0.1, 0.15) is 0 Å². The van der Waals surface area contributed by atoms with E-state index in [1.54, 1.807) is 0 Å². The largest absolute Gasteiger partial charge is 0.379 e. The molecule has 184 valence electrons. The Kier molecular flexibility index (Phi) is 8.57. The molecule has 0 aromatic heterocycles. The fourth-order valence-electron chi connectivity index (χ4n) is 5.61. The van der Waals surface area contributed by atoms with Crippen LogP contribution in [0, 0.1) is 11.8 Å². The Balaban J connectivity index is 1.32. The number of ether oxygens (including phenoxy) is 1. The van der Waals surface area contributed by atoms with E-state index in [0.717, 1.165) is 68.3 Å². The number of fused-ring (bicyclic) bond motifs is 1. The summed E-state index contributed by atoms with van der Waals surface area (Å²) in [6.07, 6.45) is 3.66. The van der Waals surface area contributed by atoms with E-state index in [9.17, 15) is 9.59 Å². The summed E-state index contributed by atoms with van der Waals surface area (Å²) in [5, 5.41) is 5.34. The quantitative estimate of drug-likeness (QED) is 0.641. The Morgan fingerprint density at radius 2 is 1.65 bits per heavy atom. The fourth-order valence-corrected chi connectivity index (χ4v) is 5.61. The monoisotopic (exact) mass is 465 g/mol. The lowest BCUT2D eigenvalue weighted by Crippen LogP contribution is -2.53. The summed E-state index contributed by atoms with van der Waals surface area (Å²) in [7, 11) is 0. The molecule has 34 heavy (non-hydrogen) atoms. The highest BCUT2D eigenvalue weighted by atomic mass is 16.5. The first kappa shape index (κ1) is 24.7. The highest BCUT2D eigenvalue weighted by Gasteiger charge is 2.31. The van der Waals surface area contributed by atoms with Gasteiger partial charge >= 0.3 is 0 Å². The Labute approximate surface area is 203 Å². The van der Waals surface area contributed by atoms with E-state index in [-0.39, 0.29) is 17.7 Å². The number of nitrogens with zero attached hydrogens (tertiary/aromatic N) is 2. The van der Waals surface area contributed by atoms with Crippen LogP contribution in [0.4, 0.5) is 0 Å². The number of piperidine rings is 1. The molecule has 6 heteroatoms. The molecule has 0 spiro atoms. The molecule has 2 fully saturated rings. The van der Waals surface area contributed by atoms with Crippen LogP contribution in [0.5, 0.6) is 0 Å². The topological polar surface area (TPSA) is 61.9 Å². The molecule has 2 aliphatic rings. The van der Waals surface area contributed by atoms with Gasteiger partial charge in [0.2, 0.25) is 5.91 Å². The van der Waals surface area contributed by atoms with Crippen LogP contribution in [0.1, 0.15) is 49.9 Å². The minimum absolute atomic E-state index is 0.0244. The predicted molar refractivity (Wildman–Crippen MR) is 136 cm³/mol. The third-order valence-corrected chi connectivity index (χ3v) is 7.77. The van der Waals surface area contributed by atoms with Crippen LogP contribution in [0.25, 0.3) is 10.8 Å². The lowest BCUT2D eigenvalue weighted by Gasteiger charge is -2.39. The SMILES string of the molecule is CCC(CC)C(CNC(=O)C1CCN(C(=O)c2cccc3ccccc23)CC1)N1CCOCC1. The molecule has 0 radical (unpaired) electrons. The summed E-state index contributed by atoms with van der Waals surface area (Å²) in [5.41, 5.74) is 0.750. The smallest absolute Gasteiger partial charge is 0.254 e. The minimum Gasteiger partial charge on any atom is -0.379 e. The van der Waals surface area contributed by atoms with Crippen LogP contribution in [-0.2, 0) is 9.53 Å². The van der Waals surface area contributed by atoms with Gasteiger partial charge in [-0.25, -0.2) is 0 Å². The zero-order chi connectivity index (χ0) is 23.9. The van der Waals surface area contributed by atoms with Crippen molar-refractivity contribution >= 4 is 22.6 Å². The average Bonchev–Trinajstić information content (AvgIpc) is 2.90. The number of likely N-dealkylation sites (tertiary alicyclic amines) is 1. The number of amides is 2. The maximum absolute atomic E-state index is 13.2. The summed E-state index contributed by atoms with van der Waals surface area (Å²) in [6.45, 7) is 9.84. The number of hydrogen-bond donors (Lipinski definition) is 1. The number of hydrogen-bond acceptors (Lipinski definition) is 4. The molecule has 2 aliphatic heterocycles. The summed E-state index contributed by atoms with van der Waals surface area (Å²) >= 11 is 0. The van der Waals surface area contributed by atoms with Crippen LogP contribution in [0.15, 0.2) is 42.5 Å².